The van der Waals surface area contributed by atoms with Crippen LogP contribution in [0.15, 0.2) is 11.3 Å². The van der Waals surface area contributed by atoms with Gasteiger partial charge in [0, 0.05) is 17.7 Å². The summed E-state index contributed by atoms with van der Waals surface area (Å²) in [5, 5.41) is 0. The Hall–Kier alpha value is -0.830. The van der Waals surface area contributed by atoms with Crippen molar-refractivity contribution in [3.8, 4) is 0 Å². The quantitative estimate of drug-likeness (QED) is 0.600. The predicted molar refractivity (Wildman–Crippen MR) is 106 cm³/mol. The van der Waals surface area contributed by atoms with Crippen molar-refractivity contribution in [2.24, 2.45) is 10.8 Å². The molecular weight excluding hydrogens is 308 g/mol. The molecule has 144 valence electrons. The molecule has 25 heavy (non-hydrogen) atoms. The maximum absolute atomic E-state index is 13.1. The van der Waals surface area contributed by atoms with Gasteiger partial charge in [-0.2, -0.15) is 0 Å². The molecule has 1 saturated heterocycles. The molecule has 2 aliphatic heterocycles. The molecule has 0 saturated carbocycles. The fourth-order valence-electron chi connectivity index (χ4n) is 4.45. The van der Waals surface area contributed by atoms with Crippen LogP contribution < -0.4 is 0 Å². The van der Waals surface area contributed by atoms with Gasteiger partial charge in [0.2, 0.25) is 5.91 Å². The second kappa shape index (κ2) is 8.24. The molecule has 1 amide bonds. The summed E-state index contributed by atoms with van der Waals surface area (Å²) < 4.78 is 0. The Kier molecular flexibility index (Phi) is 6.75. The molecule has 2 aliphatic rings. The number of rotatable bonds is 8. The number of unbranched alkanes of at least 4 members (excludes halogenated alkanes) is 1. The number of allylic oxidation sites excluding steroid dienone is 1. The Morgan fingerprint density at radius 2 is 1.64 bits per heavy atom. The van der Waals surface area contributed by atoms with E-state index in [0.717, 1.165) is 32.5 Å². The molecule has 2 heterocycles. The van der Waals surface area contributed by atoms with E-state index in [2.05, 4.69) is 51.3 Å². The molecule has 0 N–H and O–H groups in total. The highest BCUT2D eigenvalue weighted by atomic mass is 16.2. The monoisotopic (exact) mass is 348 g/mol. The highest BCUT2D eigenvalue weighted by Gasteiger charge is 2.41. The zero-order chi connectivity index (χ0) is 18.7. The zero-order valence-corrected chi connectivity index (χ0v) is 17.6. The van der Waals surface area contributed by atoms with E-state index in [1.165, 1.54) is 37.8 Å². The number of carbonyl (C=O) groups is 1. The molecule has 0 aromatic rings. The van der Waals surface area contributed by atoms with Crippen LogP contribution >= 0.6 is 0 Å². The third-order valence-electron chi connectivity index (χ3n) is 6.50. The minimum Gasteiger partial charge on any atom is -0.314 e. The van der Waals surface area contributed by atoms with Gasteiger partial charge in [-0.1, -0.05) is 54.4 Å². The third-order valence-corrected chi connectivity index (χ3v) is 6.50. The second-order valence-corrected chi connectivity index (χ2v) is 9.33. The van der Waals surface area contributed by atoms with Crippen LogP contribution in [0.3, 0.4) is 0 Å². The predicted octanol–water partition coefficient (Wildman–Crippen LogP) is 5.22. The standard InChI is InChI=1S/C22H40N2O/c1-7-9-13-22(5,6)18-12-16-24(20(18)21(3,4)8-2)19(25)17-23-14-10-11-15-23/h7-17H2,1-6H3. The van der Waals surface area contributed by atoms with Crippen molar-refractivity contribution in [2.45, 2.75) is 86.5 Å². The van der Waals surface area contributed by atoms with Crippen molar-refractivity contribution in [3.05, 3.63) is 11.3 Å². The lowest BCUT2D eigenvalue weighted by atomic mass is 9.73. The minimum atomic E-state index is 0.0655. The summed E-state index contributed by atoms with van der Waals surface area (Å²) in [4.78, 5) is 17.6. The fraction of sp³-hybridized carbons (Fsp3) is 0.864. The number of hydrogen-bond donors (Lipinski definition) is 0. The number of carbonyl (C=O) groups excluding carboxylic acids is 1. The number of likely N-dealkylation sites (tertiary alicyclic amines) is 1. The Morgan fingerprint density at radius 3 is 2.20 bits per heavy atom. The maximum atomic E-state index is 13.1. The van der Waals surface area contributed by atoms with Crippen LogP contribution in [0.4, 0.5) is 0 Å². The summed E-state index contributed by atoms with van der Waals surface area (Å²) in [6.07, 6.45) is 8.33. The fourth-order valence-corrected chi connectivity index (χ4v) is 4.45. The first-order valence-corrected chi connectivity index (χ1v) is 10.5. The first-order valence-electron chi connectivity index (χ1n) is 10.5. The summed E-state index contributed by atoms with van der Waals surface area (Å²) in [5.41, 5.74) is 3.15. The smallest absolute Gasteiger partial charge is 0.240 e. The third kappa shape index (κ3) is 4.67. The Balaban J connectivity index is 2.28. The van der Waals surface area contributed by atoms with Gasteiger partial charge in [-0.25, -0.2) is 0 Å². The Labute approximate surface area is 155 Å². The molecule has 0 aromatic carbocycles. The summed E-state index contributed by atoms with van der Waals surface area (Å²) in [6, 6.07) is 0. The van der Waals surface area contributed by atoms with E-state index in [-0.39, 0.29) is 10.8 Å². The van der Waals surface area contributed by atoms with Crippen LogP contribution in [-0.4, -0.2) is 41.9 Å². The van der Waals surface area contributed by atoms with Crippen molar-refractivity contribution in [1.82, 2.24) is 9.80 Å². The normalized spacial score (nSPS) is 20.0. The lowest BCUT2D eigenvalue weighted by Crippen LogP contribution is -2.41. The number of hydrogen-bond acceptors (Lipinski definition) is 2. The van der Waals surface area contributed by atoms with Gasteiger partial charge >= 0.3 is 0 Å². The van der Waals surface area contributed by atoms with Crippen LogP contribution in [0.5, 0.6) is 0 Å². The van der Waals surface area contributed by atoms with E-state index in [1.807, 2.05) is 0 Å². The SMILES string of the molecule is CCCCC(C)(C)C1=C(C(C)(C)CC)N(C(=O)CN2CCCC2)CC1. The van der Waals surface area contributed by atoms with E-state index in [1.54, 1.807) is 5.57 Å². The van der Waals surface area contributed by atoms with Gasteiger partial charge in [-0.3, -0.25) is 9.69 Å². The largest absolute Gasteiger partial charge is 0.314 e. The van der Waals surface area contributed by atoms with Crippen molar-refractivity contribution in [3.63, 3.8) is 0 Å². The molecular formula is C22H40N2O. The first kappa shape index (κ1) is 20.5. The van der Waals surface area contributed by atoms with E-state index in [9.17, 15) is 4.79 Å². The van der Waals surface area contributed by atoms with Crippen LogP contribution in [0.2, 0.25) is 0 Å². The molecule has 0 bridgehead atoms. The maximum Gasteiger partial charge on any atom is 0.240 e. The van der Waals surface area contributed by atoms with Gasteiger partial charge in [0.25, 0.3) is 0 Å². The molecule has 0 radical (unpaired) electrons. The van der Waals surface area contributed by atoms with Crippen LogP contribution in [0.1, 0.15) is 86.5 Å². The Bertz CT molecular complexity index is 498. The van der Waals surface area contributed by atoms with Gasteiger partial charge in [-0.05, 0) is 56.2 Å². The zero-order valence-electron chi connectivity index (χ0n) is 17.6. The molecule has 3 heteroatoms. The van der Waals surface area contributed by atoms with Crippen molar-refractivity contribution in [2.75, 3.05) is 26.2 Å². The van der Waals surface area contributed by atoms with E-state index in [4.69, 9.17) is 0 Å². The second-order valence-electron chi connectivity index (χ2n) is 9.33. The van der Waals surface area contributed by atoms with Gasteiger partial charge in [0.15, 0.2) is 0 Å². The van der Waals surface area contributed by atoms with E-state index < -0.39 is 0 Å². The van der Waals surface area contributed by atoms with Crippen LogP contribution in [0.25, 0.3) is 0 Å². The molecule has 0 atom stereocenters. The van der Waals surface area contributed by atoms with Crippen molar-refractivity contribution in [1.29, 1.82) is 0 Å². The van der Waals surface area contributed by atoms with Crippen LogP contribution in [0, 0.1) is 10.8 Å². The molecule has 0 unspecified atom stereocenters. The molecule has 0 aliphatic carbocycles. The topological polar surface area (TPSA) is 23.6 Å². The molecule has 1 fully saturated rings. The average Bonchev–Trinajstić information content (AvgIpc) is 3.22. The number of nitrogens with zero attached hydrogens (tertiary/aromatic N) is 2. The Morgan fingerprint density at radius 1 is 1.00 bits per heavy atom. The summed E-state index contributed by atoms with van der Waals surface area (Å²) in [6.45, 7) is 17.6. The van der Waals surface area contributed by atoms with Crippen molar-refractivity contribution < 1.29 is 4.79 Å². The lowest BCUT2D eigenvalue weighted by Gasteiger charge is -2.37. The molecule has 0 spiro atoms. The highest BCUT2D eigenvalue weighted by molar-refractivity contribution is 5.81. The minimum absolute atomic E-state index is 0.0655. The summed E-state index contributed by atoms with van der Waals surface area (Å²) in [7, 11) is 0. The molecule has 3 nitrogen and oxygen atoms in total. The first-order chi connectivity index (χ1) is 11.7. The summed E-state index contributed by atoms with van der Waals surface area (Å²) in [5.74, 6) is 0.319. The van der Waals surface area contributed by atoms with Crippen molar-refractivity contribution >= 4 is 5.91 Å². The van der Waals surface area contributed by atoms with Gasteiger partial charge in [-0.15, -0.1) is 0 Å². The van der Waals surface area contributed by atoms with Crippen LogP contribution in [-0.2, 0) is 4.79 Å². The number of amides is 1. The lowest BCUT2D eigenvalue weighted by molar-refractivity contribution is -0.130. The van der Waals surface area contributed by atoms with Gasteiger partial charge in [0.1, 0.15) is 0 Å². The summed E-state index contributed by atoms with van der Waals surface area (Å²) >= 11 is 0. The van der Waals surface area contributed by atoms with Gasteiger partial charge < -0.3 is 4.90 Å². The van der Waals surface area contributed by atoms with E-state index >= 15 is 0 Å². The average molecular weight is 349 g/mol. The highest BCUT2D eigenvalue weighted by Crippen LogP contribution is 2.47. The van der Waals surface area contributed by atoms with Gasteiger partial charge in [0.05, 0.1) is 6.54 Å². The molecule has 0 aromatic heterocycles. The molecule has 2 rings (SSSR count). The van der Waals surface area contributed by atoms with E-state index in [0.29, 0.717) is 12.5 Å².